The highest BCUT2D eigenvalue weighted by Gasteiger charge is 2.22. The molecule has 2 aromatic heterocycles. The van der Waals surface area contributed by atoms with Gasteiger partial charge in [-0.15, -0.1) is 0 Å². The molecule has 170 valence electrons. The number of halogens is 2. The molecule has 0 atom stereocenters. The molecule has 0 unspecified atom stereocenters. The van der Waals surface area contributed by atoms with Gasteiger partial charge in [0.2, 0.25) is 5.95 Å². The SMILES string of the molecule is CNc1ncc2cc(-c3c(Cl)c(OC)cc(OC)c3Cl)nc(NCC3CCOCC3)c2n1. The largest absolute Gasteiger partial charge is 0.495 e. The Labute approximate surface area is 196 Å². The van der Waals surface area contributed by atoms with Gasteiger partial charge in [0.15, 0.2) is 5.82 Å². The van der Waals surface area contributed by atoms with Crippen molar-refractivity contribution >= 4 is 45.9 Å². The van der Waals surface area contributed by atoms with Crippen LogP contribution in [0.4, 0.5) is 11.8 Å². The van der Waals surface area contributed by atoms with Crippen LogP contribution in [0, 0.1) is 5.92 Å². The maximum absolute atomic E-state index is 6.65. The molecule has 0 aliphatic carbocycles. The van der Waals surface area contributed by atoms with Crippen molar-refractivity contribution in [3.05, 3.63) is 28.4 Å². The first-order chi connectivity index (χ1) is 15.5. The number of fused-ring (bicyclic) bond motifs is 1. The first-order valence-corrected chi connectivity index (χ1v) is 11.1. The minimum absolute atomic E-state index is 0.355. The van der Waals surface area contributed by atoms with Gasteiger partial charge in [-0.25, -0.2) is 15.0 Å². The average molecular weight is 478 g/mol. The summed E-state index contributed by atoms with van der Waals surface area (Å²) in [5, 5.41) is 7.97. The smallest absolute Gasteiger partial charge is 0.223 e. The normalized spacial score (nSPS) is 14.4. The van der Waals surface area contributed by atoms with Gasteiger partial charge >= 0.3 is 0 Å². The number of rotatable bonds is 7. The summed E-state index contributed by atoms with van der Waals surface area (Å²) in [5.74, 6) is 2.54. The summed E-state index contributed by atoms with van der Waals surface area (Å²) in [5.41, 5.74) is 1.81. The lowest BCUT2D eigenvalue weighted by atomic mass is 10.0. The molecular formula is C22H25Cl2N5O3. The van der Waals surface area contributed by atoms with E-state index in [9.17, 15) is 0 Å². The predicted molar refractivity (Wildman–Crippen MR) is 127 cm³/mol. The molecule has 1 aliphatic heterocycles. The molecule has 4 rings (SSSR count). The third kappa shape index (κ3) is 4.48. The van der Waals surface area contributed by atoms with E-state index >= 15 is 0 Å². The molecule has 10 heteroatoms. The molecule has 32 heavy (non-hydrogen) atoms. The number of hydrogen-bond acceptors (Lipinski definition) is 8. The van der Waals surface area contributed by atoms with Crippen molar-refractivity contribution in [2.45, 2.75) is 12.8 Å². The highest BCUT2D eigenvalue weighted by atomic mass is 35.5. The van der Waals surface area contributed by atoms with Crippen molar-refractivity contribution in [3.63, 3.8) is 0 Å². The number of nitrogens with one attached hydrogen (secondary N) is 2. The van der Waals surface area contributed by atoms with Crippen LogP contribution in [-0.2, 0) is 4.74 Å². The standard InChI is InChI=1S/C22H25Cl2N5O3/c1-25-22-27-11-13-8-14(17-18(23)15(30-2)9-16(31-3)19(17)24)28-21(20(13)29-22)26-10-12-4-6-32-7-5-12/h8-9,11-12H,4-7,10H2,1-3H3,(H,26,28)(H,25,27,29). The van der Waals surface area contributed by atoms with Crippen LogP contribution in [0.15, 0.2) is 18.3 Å². The second-order valence-corrected chi connectivity index (χ2v) is 8.21. The van der Waals surface area contributed by atoms with Crippen LogP contribution < -0.4 is 20.1 Å². The number of methoxy groups -OCH3 is 2. The summed E-state index contributed by atoms with van der Waals surface area (Å²) in [6, 6.07) is 3.52. The first kappa shape index (κ1) is 22.6. The Morgan fingerprint density at radius 3 is 2.38 bits per heavy atom. The number of nitrogens with zero attached hydrogens (tertiary/aromatic N) is 3. The van der Waals surface area contributed by atoms with Gasteiger partial charge in [0.25, 0.3) is 0 Å². The van der Waals surface area contributed by atoms with Crippen LogP contribution in [0.2, 0.25) is 10.0 Å². The van der Waals surface area contributed by atoms with Crippen LogP contribution in [0.1, 0.15) is 12.8 Å². The van der Waals surface area contributed by atoms with Gasteiger partial charge in [-0.05, 0) is 24.8 Å². The molecule has 2 N–H and O–H groups in total. The molecule has 0 spiro atoms. The van der Waals surface area contributed by atoms with Gasteiger partial charge in [-0.2, -0.15) is 0 Å². The monoisotopic (exact) mass is 477 g/mol. The summed E-state index contributed by atoms with van der Waals surface area (Å²) < 4.78 is 16.3. The summed E-state index contributed by atoms with van der Waals surface area (Å²) in [7, 11) is 4.86. The van der Waals surface area contributed by atoms with Crippen LogP contribution in [-0.4, -0.2) is 56.0 Å². The Bertz CT molecular complexity index is 1090. The maximum Gasteiger partial charge on any atom is 0.223 e. The lowest BCUT2D eigenvalue weighted by Gasteiger charge is -2.23. The lowest BCUT2D eigenvalue weighted by Crippen LogP contribution is -2.23. The summed E-state index contributed by atoms with van der Waals surface area (Å²) in [4.78, 5) is 13.8. The van der Waals surface area contributed by atoms with Crippen molar-refractivity contribution < 1.29 is 14.2 Å². The van der Waals surface area contributed by atoms with Gasteiger partial charge in [0.1, 0.15) is 17.0 Å². The highest BCUT2D eigenvalue weighted by Crippen LogP contribution is 2.46. The Kier molecular flexibility index (Phi) is 7.03. The van der Waals surface area contributed by atoms with E-state index < -0.39 is 0 Å². The van der Waals surface area contributed by atoms with Crippen LogP contribution >= 0.6 is 23.2 Å². The van der Waals surface area contributed by atoms with Crippen LogP contribution in [0.25, 0.3) is 22.2 Å². The van der Waals surface area contributed by atoms with Crippen molar-refractivity contribution in [2.24, 2.45) is 5.92 Å². The molecule has 0 radical (unpaired) electrons. The van der Waals surface area contributed by atoms with E-state index in [1.165, 1.54) is 0 Å². The Morgan fingerprint density at radius 2 is 1.75 bits per heavy atom. The molecule has 1 fully saturated rings. The molecule has 0 bridgehead atoms. The van der Waals surface area contributed by atoms with E-state index in [0.717, 1.165) is 38.0 Å². The highest BCUT2D eigenvalue weighted by molar-refractivity contribution is 6.41. The summed E-state index contributed by atoms with van der Waals surface area (Å²) in [6.07, 6.45) is 3.76. The molecule has 3 aromatic rings. The van der Waals surface area contributed by atoms with E-state index in [1.54, 1.807) is 33.5 Å². The molecule has 8 nitrogen and oxygen atoms in total. The number of aromatic nitrogens is 3. The number of hydrogen-bond donors (Lipinski definition) is 2. The molecule has 1 aliphatic rings. The predicted octanol–water partition coefficient (Wildman–Crippen LogP) is 4.90. The lowest BCUT2D eigenvalue weighted by molar-refractivity contribution is 0.0699. The van der Waals surface area contributed by atoms with Gasteiger partial charge in [0.05, 0.1) is 30.0 Å². The summed E-state index contributed by atoms with van der Waals surface area (Å²) in [6.45, 7) is 2.32. The molecule has 0 amide bonds. The fourth-order valence-corrected chi connectivity index (χ4v) is 4.41. The third-order valence-corrected chi connectivity index (χ3v) is 6.27. The van der Waals surface area contributed by atoms with Crippen molar-refractivity contribution in [1.29, 1.82) is 0 Å². The molecule has 1 saturated heterocycles. The zero-order valence-corrected chi connectivity index (χ0v) is 19.7. The Morgan fingerprint density at radius 1 is 1.06 bits per heavy atom. The first-order valence-electron chi connectivity index (χ1n) is 10.3. The fraction of sp³-hybridized carbons (Fsp3) is 0.409. The minimum Gasteiger partial charge on any atom is -0.495 e. The topological polar surface area (TPSA) is 90.4 Å². The molecule has 0 saturated carbocycles. The van der Waals surface area contributed by atoms with Crippen LogP contribution in [0.5, 0.6) is 11.5 Å². The minimum atomic E-state index is 0.355. The second-order valence-electron chi connectivity index (χ2n) is 7.46. The van der Waals surface area contributed by atoms with E-state index in [2.05, 4.69) is 20.6 Å². The molecule has 3 heterocycles. The van der Waals surface area contributed by atoms with Gasteiger partial charge < -0.3 is 24.8 Å². The van der Waals surface area contributed by atoms with E-state index in [0.29, 0.717) is 56.0 Å². The summed E-state index contributed by atoms with van der Waals surface area (Å²) >= 11 is 13.3. The Balaban J connectivity index is 1.84. The zero-order chi connectivity index (χ0) is 22.7. The third-order valence-electron chi connectivity index (χ3n) is 5.52. The van der Waals surface area contributed by atoms with Gasteiger partial charge in [-0.1, -0.05) is 23.2 Å². The number of benzene rings is 1. The van der Waals surface area contributed by atoms with E-state index in [-0.39, 0.29) is 0 Å². The number of anilines is 2. The maximum atomic E-state index is 6.65. The second kappa shape index (κ2) is 9.94. The van der Waals surface area contributed by atoms with Gasteiger partial charge in [0, 0.05) is 50.0 Å². The van der Waals surface area contributed by atoms with E-state index in [1.807, 2.05) is 6.07 Å². The fourth-order valence-electron chi connectivity index (χ4n) is 3.71. The quantitative estimate of drug-likeness (QED) is 0.496. The number of pyridine rings is 1. The van der Waals surface area contributed by atoms with E-state index in [4.69, 9.17) is 42.4 Å². The molecule has 1 aromatic carbocycles. The molecular weight excluding hydrogens is 453 g/mol. The average Bonchev–Trinajstić information content (AvgIpc) is 2.83. The van der Waals surface area contributed by atoms with Crippen molar-refractivity contribution in [3.8, 4) is 22.8 Å². The van der Waals surface area contributed by atoms with Gasteiger partial charge in [-0.3, -0.25) is 0 Å². The van der Waals surface area contributed by atoms with Crippen molar-refractivity contribution in [1.82, 2.24) is 15.0 Å². The number of ether oxygens (including phenoxy) is 3. The Hall–Kier alpha value is -2.55. The zero-order valence-electron chi connectivity index (χ0n) is 18.2. The van der Waals surface area contributed by atoms with Crippen LogP contribution in [0.3, 0.4) is 0 Å². The van der Waals surface area contributed by atoms with Crippen molar-refractivity contribution in [2.75, 3.05) is 51.7 Å².